The molecule has 0 bridgehead atoms. The molecule has 0 unspecified atom stereocenters. The van der Waals surface area contributed by atoms with Gasteiger partial charge in [0.2, 0.25) is 11.9 Å². The van der Waals surface area contributed by atoms with Crippen LogP contribution in [0.4, 0.5) is 42.0 Å². The molecular weight excluding hydrogens is 467 g/mol. The Bertz CT molecular complexity index is 1470. The Labute approximate surface area is 207 Å². The number of nitrogens with one attached hydrogen (secondary N) is 3. The molecule has 3 aromatic heterocycles. The number of pyridine rings is 1. The molecule has 4 radical (unpaired) electrons. The van der Waals surface area contributed by atoms with Gasteiger partial charge in [0.25, 0.3) is 0 Å². The van der Waals surface area contributed by atoms with Crippen LogP contribution >= 0.6 is 0 Å². The van der Waals surface area contributed by atoms with Crippen LogP contribution in [-0.4, -0.2) is 40.4 Å². The number of nitrogens with zero attached hydrogens (tertiary/aromatic N) is 5. The van der Waals surface area contributed by atoms with Gasteiger partial charge in [-0.25, -0.2) is 18.7 Å². The molecule has 3 N–H and O–H groups in total. The molecule has 0 aliphatic rings. The molecule has 0 fully saturated rings. The van der Waals surface area contributed by atoms with E-state index in [0.717, 1.165) is 12.3 Å². The SMILES string of the molecule is [B]C([B])=CC(=C)Nc1ccc(F)c(Nc2nc(Nc3cnn(C)c3)ncc2-c2cnc(F)c(F)c2)c1. The summed E-state index contributed by atoms with van der Waals surface area (Å²) in [4.78, 5) is 12.1. The molecule has 0 amide bonds. The topological polar surface area (TPSA) is 92.6 Å². The minimum absolute atomic E-state index is 0.0281. The van der Waals surface area contributed by atoms with Crippen molar-refractivity contribution in [2.24, 2.45) is 7.05 Å². The van der Waals surface area contributed by atoms with Crippen molar-refractivity contribution >= 4 is 44.5 Å². The van der Waals surface area contributed by atoms with E-state index in [1.165, 1.54) is 30.5 Å². The van der Waals surface area contributed by atoms with Crippen molar-refractivity contribution in [3.8, 4) is 11.1 Å². The third kappa shape index (κ3) is 5.93. The van der Waals surface area contributed by atoms with Crippen LogP contribution in [0.1, 0.15) is 0 Å². The summed E-state index contributed by atoms with van der Waals surface area (Å²) in [5.41, 5.74) is 1.91. The Morgan fingerprint density at radius 3 is 2.50 bits per heavy atom. The second kappa shape index (κ2) is 10.4. The van der Waals surface area contributed by atoms with Gasteiger partial charge in [0, 0.05) is 48.1 Å². The number of hydrogen-bond acceptors (Lipinski definition) is 7. The minimum atomic E-state index is -1.25. The van der Waals surface area contributed by atoms with Gasteiger partial charge in [-0.05, 0) is 24.3 Å². The number of aryl methyl sites for hydroxylation is 1. The van der Waals surface area contributed by atoms with Crippen LogP contribution < -0.4 is 16.0 Å². The van der Waals surface area contributed by atoms with Crippen molar-refractivity contribution in [1.82, 2.24) is 24.7 Å². The van der Waals surface area contributed by atoms with E-state index in [-0.39, 0.29) is 34.0 Å². The predicted octanol–water partition coefficient (Wildman–Crippen LogP) is 4.28. The van der Waals surface area contributed by atoms with Crippen molar-refractivity contribution in [1.29, 1.82) is 0 Å². The van der Waals surface area contributed by atoms with Gasteiger partial charge < -0.3 is 16.0 Å². The average Bonchev–Trinajstić information content (AvgIpc) is 3.22. The van der Waals surface area contributed by atoms with Crippen molar-refractivity contribution < 1.29 is 13.2 Å². The molecule has 0 aliphatic heterocycles. The summed E-state index contributed by atoms with van der Waals surface area (Å²) >= 11 is 0. The Kier molecular flexibility index (Phi) is 7.09. The maximum atomic E-state index is 14.7. The second-order valence-corrected chi connectivity index (χ2v) is 7.59. The molecule has 4 rings (SSSR count). The highest BCUT2D eigenvalue weighted by Crippen LogP contribution is 2.32. The molecule has 1 aromatic carbocycles. The number of rotatable bonds is 8. The minimum Gasteiger partial charge on any atom is -0.356 e. The largest absolute Gasteiger partial charge is 0.356 e. The fourth-order valence-electron chi connectivity index (χ4n) is 3.18. The summed E-state index contributed by atoms with van der Waals surface area (Å²) in [6.45, 7) is 3.78. The molecule has 176 valence electrons. The fourth-order valence-corrected chi connectivity index (χ4v) is 3.18. The van der Waals surface area contributed by atoms with Gasteiger partial charge in [-0.15, -0.1) is 0 Å². The number of allylic oxidation sites excluding steroid dienone is 1. The molecule has 8 nitrogen and oxygen atoms in total. The monoisotopic (exact) mass is 484 g/mol. The predicted molar refractivity (Wildman–Crippen MR) is 134 cm³/mol. The Hall–Kier alpha value is -4.54. The van der Waals surface area contributed by atoms with E-state index in [1.807, 2.05) is 0 Å². The molecule has 13 heteroatoms. The summed E-state index contributed by atoms with van der Waals surface area (Å²) in [6.07, 6.45) is 7.17. The zero-order valence-corrected chi connectivity index (χ0v) is 18.9. The van der Waals surface area contributed by atoms with Crippen molar-refractivity contribution in [3.63, 3.8) is 0 Å². The molecule has 0 aliphatic carbocycles. The summed E-state index contributed by atoms with van der Waals surface area (Å²) in [6, 6.07) is 5.12. The molecule has 0 atom stereocenters. The quantitative estimate of drug-likeness (QED) is 0.195. The van der Waals surface area contributed by atoms with Crippen LogP contribution in [0.15, 0.2) is 72.8 Å². The first-order valence-electron chi connectivity index (χ1n) is 10.4. The zero-order chi connectivity index (χ0) is 25.8. The number of halogens is 3. The van der Waals surface area contributed by atoms with E-state index in [9.17, 15) is 13.2 Å². The van der Waals surface area contributed by atoms with E-state index in [4.69, 9.17) is 15.7 Å². The maximum Gasteiger partial charge on any atom is 0.248 e. The van der Waals surface area contributed by atoms with E-state index >= 15 is 0 Å². The standard InChI is InChI=1S/C23H17B2F3N8/c1-12(5-20(24)25)32-14-3-4-17(26)19(7-14)34-22-16(13-6-18(27)21(28)29-8-13)10-30-23(35-22)33-15-9-31-36(2)11-15/h3-11,32H,1H2,2H3,(H2,30,33,34,35). The third-order valence-corrected chi connectivity index (χ3v) is 4.72. The smallest absolute Gasteiger partial charge is 0.248 e. The summed E-state index contributed by atoms with van der Waals surface area (Å²) in [5.74, 6) is -2.75. The first kappa shape index (κ1) is 24.6. The van der Waals surface area contributed by atoms with Crippen LogP contribution in [0.25, 0.3) is 11.1 Å². The van der Waals surface area contributed by atoms with E-state index in [2.05, 4.69) is 42.6 Å². The normalized spacial score (nSPS) is 10.6. The van der Waals surface area contributed by atoms with Gasteiger partial charge in [-0.2, -0.15) is 19.8 Å². The van der Waals surface area contributed by atoms with E-state index < -0.39 is 17.6 Å². The van der Waals surface area contributed by atoms with E-state index in [1.54, 1.807) is 24.1 Å². The van der Waals surface area contributed by atoms with Crippen LogP contribution in [0.3, 0.4) is 0 Å². The Balaban J connectivity index is 1.72. The first-order valence-corrected chi connectivity index (χ1v) is 10.4. The highest BCUT2D eigenvalue weighted by Gasteiger charge is 2.15. The van der Waals surface area contributed by atoms with Gasteiger partial charge in [0.05, 0.1) is 33.3 Å². The van der Waals surface area contributed by atoms with Crippen LogP contribution in [0, 0.1) is 17.6 Å². The number of anilines is 5. The van der Waals surface area contributed by atoms with Crippen molar-refractivity contribution in [3.05, 3.63) is 90.4 Å². The van der Waals surface area contributed by atoms with Crippen LogP contribution in [0.5, 0.6) is 0 Å². The number of benzene rings is 1. The Morgan fingerprint density at radius 2 is 1.81 bits per heavy atom. The molecule has 3 heterocycles. The fraction of sp³-hybridized carbons (Fsp3) is 0.0435. The highest BCUT2D eigenvalue weighted by atomic mass is 19.2. The van der Waals surface area contributed by atoms with Gasteiger partial charge in [-0.1, -0.05) is 12.7 Å². The lowest BCUT2D eigenvalue weighted by molar-refractivity contribution is 0.480. The van der Waals surface area contributed by atoms with Crippen LogP contribution in [-0.2, 0) is 7.05 Å². The lowest BCUT2D eigenvalue weighted by Crippen LogP contribution is -2.05. The third-order valence-electron chi connectivity index (χ3n) is 4.72. The van der Waals surface area contributed by atoms with Crippen molar-refractivity contribution in [2.75, 3.05) is 16.0 Å². The summed E-state index contributed by atoms with van der Waals surface area (Å²) in [5, 5.41) is 12.9. The van der Waals surface area contributed by atoms with Gasteiger partial charge in [-0.3, -0.25) is 4.68 Å². The molecule has 0 saturated heterocycles. The van der Waals surface area contributed by atoms with Crippen LogP contribution in [0.2, 0.25) is 0 Å². The van der Waals surface area contributed by atoms with Gasteiger partial charge in [0.1, 0.15) is 11.6 Å². The lowest BCUT2D eigenvalue weighted by Gasteiger charge is -2.15. The molecule has 4 aromatic rings. The molecule has 36 heavy (non-hydrogen) atoms. The highest BCUT2D eigenvalue weighted by molar-refractivity contribution is 6.48. The van der Waals surface area contributed by atoms with Crippen molar-refractivity contribution in [2.45, 2.75) is 0 Å². The summed E-state index contributed by atoms with van der Waals surface area (Å²) < 4.78 is 43.6. The van der Waals surface area contributed by atoms with Gasteiger partial charge in [0.15, 0.2) is 5.82 Å². The number of aromatic nitrogens is 5. The summed E-state index contributed by atoms with van der Waals surface area (Å²) in [7, 11) is 12.6. The average molecular weight is 484 g/mol. The Morgan fingerprint density at radius 1 is 1.00 bits per heavy atom. The molecule has 0 saturated carbocycles. The first-order chi connectivity index (χ1) is 17.2. The maximum absolute atomic E-state index is 14.7. The number of hydrogen-bond donors (Lipinski definition) is 3. The molecular formula is C23H17B2F3N8. The zero-order valence-electron chi connectivity index (χ0n) is 18.9. The molecule has 0 spiro atoms. The lowest BCUT2D eigenvalue weighted by atomic mass is 9.78. The van der Waals surface area contributed by atoms with E-state index in [0.29, 0.717) is 17.1 Å². The van der Waals surface area contributed by atoms with Gasteiger partial charge >= 0.3 is 0 Å². The second-order valence-electron chi connectivity index (χ2n) is 7.59.